The van der Waals surface area contributed by atoms with Crippen molar-refractivity contribution in [1.29, 1.82) is 0 Å². The van der Waals surface area contributed by atoms with Crippen LogP contribution < -0.4 is 0 Å². The Morgan fingerprint density at radius 2 is 1.00 bits per heavy atom. The van der Waals surface area contributed by atoms with Crippen molar-refractivity contribution in [2.45, 2.75) is 0 Å². The first-order chi connectivity index (χ1) is 0. The van der Waals surface area contributed by atoms with Crippen LogP contribution in [-0.4, -0.2) is 91.9 Å². The first-order valence-electron chi connectivity index (χ1n) is 0. The maximum absolute atomic E-state index is 0. The van der Waals surface area contributed by atoms with Crippen molar-refractivity contribution in [2.24, 2.45) is 0 Å². The molecule has 0 N–H and O–H groups in total. The van der Waals surface area contributed by atoms with Crippen LogP contribution in [0.3, 0.4) is 0 Å². The number of rotatable bonds is 0. The number of hydrogen-bond acceptors (Lipinski definition) is 0. The summed E-state index contributed by atoms with van der Waals surface area (Å²) in [6, 6.07) is 0. The molecular weight excluding hydrogens is 531 g/mol. The molecular formula is H11BiGeSbTe. The van der Waals surface area contributed by atoms with E-state index in [0.717, 1.165) is 0 Å². The SMILES string of the molecule is [BiH3].[GeH4].[SbH3].[TeH]. The van der Waals surface area contributed by atoms with Gasteiger partial charge in [-0.1, -0.05) is 0 Å². The average Bonchev–Trinajstić information content (AvgIpc) is 0. The van der Waals surface area contributed by atoms with E-state index in [1.165, 1.54) is 0 Å². The van der Waals surface area contributed by atoms with E-state index in [2.05, 4.69) is 0 Å². The molecule has 0 nitrogen and oxygen atoms in total. The fourth-order valence-corrected chi connectivity index (χ4v) is 0. The topological polar surface area (TPSA) is 0 Å². The van der Waals surface area contributed by atoms with Crippen molar-refractivity contribution < 1.29 is 0 Å². The second-order valence-corrected chi connectivity index (χ2v) is 0. The van der Waals surface area contributed by atoms with Crippen molar-refractivity contribution in [2.75, 3.05) is 0 Å². The molecule has 1 radical (unpaired) electrons. The van der Waals surface area contributed by atoms with Crippen LogP contribution in [-0.2, 0) is 0 Å². The Morgan fingerprint density at radius 3 is 1.00 bits per heavy atom. The quantitative estimate of drug-likeness (QED) is 0.272. The summed E-state index contributed by atoms with van der Waals surface area (Å²) in [5.41, 5.74) is 0. The zero-order valence-electron chi connectivity index (χ0n) is 1.86. The van der Waals surface area contributed by atoms with Gasteiger partial charge in [0.05, 0.1) is 0 Å². The molecule has 0 fully saturated rings. The summed E-state index contributed by atoms with van der Waals surface area (Å²) < 4.78 is 0. The van der Waals surface area contributed by atoms with Gasteiger partial charge >= 0.3 is 91.9 Å². The van der Waals surface area contributed by atoms with E-state index in [4.69, 9.17) is 0 Å². The van der Waals surface area contributed by atoms with Gasteiger partial charge < -0.3 is 0 Å². The molecule has 0 spiro atoms. The van der Waals surface area contributed by atoms with Crippen LogP contribution in [0.2, 0.25) is 0 Å². The first kappa shape index (κ1) is 27.8. The zero-order valence-corrected chi connectivity index (χ0v) is 13.9. The summed E-state index contributed by atoms with van der Waals surface area (Å²) in [6.45, 7) is 0. The van der Waals surface area contributed by atoms with Gasteiger partial charge in [-0.05, 0) is 0 Å². The van der Waals surface area contributed by atoms with Crippen LogP contribution in [0.1, 0.15) is 0 Å². The third-order valence-electron chi connectivity index (χ3n) is 0. The average molecular weight is 542 g/mol. The summed E-state index contributed by atoms with van der Waals surface area (Å²) >= 11 is 0. The molecule has 31 valence electrons. The van der Waals surface area contributed by atoms with Gasteiger partial charge in [0.15, 0.2) is 0 Å². The second-order valence-electron chi connectivity index (χ2n) is 0. The van der Waals surface area contributed by atoms with Crippen molar-refractivity contribution in [1.82, 2.24) is 0 Å². The Morgan fingerprint density at radius 1 is 1.00 bits per heavy atom. The van der Waals surface area contributed by atoms with Gasteiger partial charge in [0, 0.05) is 0 Å². The molecule has 4 heavy (non-hydrogen) atoms. The van der Waals surface area contributed by atoms with E-state index in [1.807, 2.05) is 0 Å². The molecule has 0 heterocycles. The third kappa shape index (κ3) is 8.90. The minimum atomic E-state index is 0. The van der Waals surface area contributed by atoms with E-state index in [9.17, 15) is 0 Å². The molecule has 0 bridgehead atoms. The monoisotopic (exact) mass is 545 g/mol. The first-order valence-corrected chi connectivity index (χ1v) is 0. The van der Waals surface area contributed by atoms with E-state index >= 15 is 0 Å². The Balaban J connectivity index is 0. The molecule has 0 aliphatic heterocycles. The van der Waals surface area contributed by atoms with E-state index in [1.54, 1.807) is 0 Å². The predicted octanol–water partition coefficient (Wildman–Crippen LogP) is -4.47. The van der Waals surface area contributed by atoms with Crippen LogP contribution in [0.15, 0.2) is 0 Å². The third-order valence-corrected chi connectivity index (χ3v) is 0. The van der Waals surface area contributed by atoms with Crippen LogP contribution in [0.5, 0.6) is 0 Å². The van der Waals surface area contributed by atoms with E-state index in [-0.39, 0.29) is 91.9 Å². The van der Waals surface area contributed by atoms with Crippen LogP contribution in [0.25, 0.3) is 0 Å². The van der Waals surface area contributed by atoms with Gasteiger partial charge in [-0.3, -0.25) is 0 Å². The van der Waals surface area contributed by atoms with Gasteiger partial charge in [-0.2, -0.15) is 0 Å². The van der Waals surface area contributed by atoms with Crippen LogP contribution in [0.4, 0.5) is 0 Å². The summed E-state index contributed by atoms with van der Waals surface area (Å²) in [4.78, 5) is 0. The van der Waals surface area contributed by atoms with Crippen molar-refractivity contribution in [3.8, 4) is 0 Å². The molecule has 0 aliphatic carbocycles. The molecule has 4 heteroatoms. The standard InChI is InChI=1S/Bi.GeH4.Sb.HTe.6H/h;1H4;;1H;;;;;;. The van der Waals surface area contributed by atoms with Gasteiger partial charge in [0.25, 0.3) is 0 Å². The summed E-state index contributed by atoms with van der Waals surface area (Å²) in [5.74, 6) is 0. The Hall–Kier alpha value is 3.03. The molecule has 0 amide bonds. The van der Waals surface area contributed by atoms with Gasteiger partial charge in [0.2, 0.25) is 0 Å². The molecule has 0 aromatic rings. The molecule has 0 atom stereocenters. The van der Waals surface area contributed by atoms with Crippen molar-refractivity contribution in [3.05, 3.63) is 0 Å². The van der Waals surface area contributed by atoms with Gasteiger partial charge in [-0.25, -0.2) is 0 Å². The van der Waals surface area contributed by atoms with E-state index in [0.29, 0.717) is 0 Å². The molecule has 0 rings (SSSR count). The Kier molecular flexibility index (Phi) is 116. The summed E-state index contributed by atoms with van der Waals surface area (Å²) in [6.07, 6.45) is 0. The molecule has 0 saturated heterocycles. The Bertz CT molecular complexity index is 8.00. The fraction of sp³-hybridized carbons (Fsp3) is 0. The summed E-state index contributed by atoms with van der Waals surface area (Å²) in [5, 5.41) is 0. The van der Waals surface area contributed by atoms with Gasteiger partial charge in [0.1, 0.15) is 0 Å². The van der Waals surface area contributed by atoms with Gasteiger partial charge in [-0.15, -0.1) is 0 Å². The number of hydrogen-bond donors (Lipinski definition) is 0. The van der Waals surface area contributed by atoms with Crippen molar-refractivity contribution >= 4 is 91.9 Å². The molecule has 0 aromatic heterocycles. The molecule has 0 aromatic carbocycles. The Labute approximate surface area is 90.1 Å². The normalized spacial score (nSPS) is 0. The van der Waals surface area contributed by atoms with Crippen molar-refractivity contribution in [3.63, 3.8) is 0 Å². The predicted molar refractivity (Wildman–Crippen MR) is 38.4 cm³/mol. The summed E-state index contributed by atoms with van der Waals surface area (Å²) in [7, 11) is 0. The molecule has 0 aliphatic rings. The minimum absolute atomic E-state index is 0. The second kappa shape index (κ2) is 16.6. The van der Waals surface area contributed by atoms with Crippen LogP contribution in [0, 0.1) is 0 Å². The maximum atomic E-state index is 0. The molecule has 0 saturated carbocycles. The zero-order chi connectivity index (χ0) is 0. The fourth-order valence-electron chi connectivity index (χ4n) is 0. The molecule has 0 unspecified atom stereocenters. The van der Waals surface area contributed by atoms with E-state index < -0.39 is 0 Å². The van der Waals surface area contributed by atoms with Crippen LogP contribution >= 0.6 is 0 Å².